The molecule has 0 amide bonds. The molecule has 29 heavy (non-hydrogen) atoms. The van der Waals surface area contributed by atoms with Gasteiger partial charge in [0.05, 0.1) is 5.69 Å². The third-order valence-electron chi connectivity index (χ3n) is 7.11. The number of allylic oxidation sites excluding steroid dienone is 2. The minimum absolute atomic E-state index is 0.221. The molecule has 4 aromatic rings. The molecule has 1 nitrogen and oxygen atoms in total. The zero-order valence-corrected chi connectivity index (χ0v) is 19.1. The molecule has 5 rings (SSSR count). The maximum Gasteiger partial charge on any atom is 0.0734 e. The average Bonchev–Trinajstić information content (AvgIpc) is 3.05. The largest absolute Gasteiger partial charge is 0.256 e. The van der Waals surface area contributed by atoms with Gasteiger partial charge in [-0.05, 0) is 77.8 Å². The number of rotatable bonds is 1. The van der Waals surface area contributed by atoms with E-state index in [-0.39, 0.29) is 10.8 Å². The lowest BCUT2D eigenvalue weighted by molar-refractivity contribution is 0.335. The van der Waals surface area contributed by atoms with Gasteiger partial charge in [0.2, 0.25) is 0 Å². The Hall–Kier alpha value is -2.19. The first-order chi connectivity index (χ1) is 13.7. The van der Waals surface area contributed by atoms with Crippen molar-refractivity contribution in [3.05, 3.63) is 59.4 Å². The third-order valence-corrected chi connectivity index (χ3v) is 8.30. The summed E-state index contributed by atoms with van der Waals surface area (Å²) in [6.07, 6.45) is 6.60. The van der Waals surface area contributed by atoms with Gasteiger partial charge in [0.1, 0.15) is 0 Å². The smallest absolute Gasteiger partial charge is 0.0734 e. The van der Waals surface area contributed by atoms with Crippen LogP contribution in [0.1, 0.15) is 71.2 Å². The van der Waals surface area contributed by atoms with Crippen molar-refractivity contribution in [2.45, 2.75) is 65.2 Å². The molecule has 0 saturated carbocycles. The summed E-state index contributed by atoms with van der Waals surface area (Å²) in [5, 5.41) is 5.32. The monoisotopic (exact) mass is 399 g/mol. The Labute approximate surface area is 177 Å². The Morgan fingerprint density at radius 2 is 1.72 bits per heavy atom. The number of hydrogen-bond donors (Lipinski definition) is 0. The highest BCUT2D eigenvalue weighted by Gasteiger charge is 2.38. The number of aromatic nitrogens is 1. The first-order valence-electron chi connectivity index (χ1n) is 10.7. The molecule has 0 atom stereocenters. The second kappa shape index (κ2) is 6.15. The number of benzene rings is 2. The Morgan fingerprint density at radius 3 is 2.48 bits per heavy atom. The Morgan fingerprint density at radius 1 is 0.966 bits per heavy atom. The minimum Gasteiger partial charge on any atom is -0.256 e. The standard InChI is InChI=1S/C27H29NS/c1-7-16(2)24-19-15-20-18-8-9-21-23(27(5,6)12-11-26(21,3)4)25(18)29-22(20)14-17(19)10-13-28-24/h7-10,13-15H,11-12H2,1-6H3/b16-7+. The molecule has 148 valence electrons. The van der Waals surface area contributed by atoms with Crippen molar-refractivity contribution < 1.29 is 0 Å². The van der Waals surface area contributed by atoms with Crippen LogP contribution in [0.5, 0.6) is 0 Å². The normalized spacial score (nSPS) is 18.5. The second-order valence-electron chi connectivity index (χ2n) is 9.94. The summed E-state index contributed by atoms with van der Waals surface area (Å²) < 4.78 is 2.87. The van der Waals surface area contributed by atoms with E-state index in [1.807, 2.05) is 17.5 Å². The molecule has 0 bridgehead atoms. The van der Waals surface area contributed by atoms with Gasteiger partial charge in [0.15, 0.2) is 0 Å². The molecule has 2 heterocycles. The zero-order valence-electron chi connectivity index (χ0n) is 18.3. The lowest BCUT2D eigenvalue weighted by Crippen LogP contribution is -2.33. The molecular formula is C27H29NS. The van der Waals surface area contributed by atoms with E-state index in [0.717, 1.165) is 5.69 Å². The van der Waals surface area contributed by atoms with Crippen LogP contribution in [0, 0.1) is 0 Å². The minimum atomic E-state index is 0.221. The first-order valence-corrected chi connectivity index (χ1v) is 11.5. The molecule has 1 aliphatic carbocycles. The molecule has 2 aromatic heterocycles. The lowest BCUT2D eigenvalue weighted by atomic mass is 9.63. The van der Waals surface area contributed by atoms with E-state index in [4.69, 9.17) is 4.98 Å². The van der Waals surface area contributed by atoms with Crippen LogP contribution in [0.15, 0.2) is 42.6 Å². The van der Waals surface area contributed by atoms with Crippen LogP contribution in [0.3, 0.4) is 0 Å². The van der Waals surface area contributed by atoms with Gasteiger partial charge in [0, 0.05) is 31.8 Å². The van der Waals surface area contributed by atoms with Crippen LogP contribution in [-0.4, -0.2) is 4.98 Å². The van der Waals surface area contributed by atoms with Crippen LogP contribution in [0.4, 0.5) is 0 Å². The number of fused-ring (bicyclic) bond motifs is 6. The highest BCUT2D eigenvalue weighted by Crippen LogP contribution is 2.51. The zero-order chi connectivity index (χ0) is 20.6. The van der Waals surface area contributed by atoms with Gasteiger partial charge in [-0.25, -0.2) is 0 Å². The lowest BCUT2D eigenvalue weighted by Gasteiger charge is -2.42. The van der Waals surface area contributed by atoms with Gasteiger partial charge in [-0.2, -0.15) is 0 Å². The number of nitrogens with zero attached hydrogens (tertiary/aromatic N) is 1. The number of thiophene rings is 1. The molecule has 1 aliphatic rings. The maximum atomic E-state index is 4.70. The molecule has 0 N–H and O–H groups in total. The van der Waals surface area contributed by atoms with Crippen molar-refractivity contribution in [2.24, 2.45) is 0 Å². The summed E-state index contributed by atoms with van der Waals surface area (Å²) >= 11 is 1.98. The summed E-state index contributed by atoms with van der Waals surface area (Å²) in [7, 11) is 0. The Kier molecular flexibility index (Phi) is 3.99. The molecule has 0 radical (unpaired) electrons. The van der Waals surface area contributed by atoms with E-state index in [0.29, 0.717) is 0 Å². The maximum absolute atomic E-state index is 4.70. The van der Waals surface area contributed by atoms with E-state index in [2.05, 4.69) is 78.0 Å². The predicted octanol–water partition coefficient (Wildman–Crippen LogP) is 8.37. The van der Waals surface area contributed by atoms with Crippen molar-refractivity contribution in [1.29, 1.82) is 0 Å². The number of pyridine rings is 1. The van der Waals surface area contributed by atoms with Gasteiger partial charge >= 0.3 is 0 Å². The van der Waals surface area contributed by atoms with Crippen molar-refractivity contribution in [3.63, 3.8) is 0 Å². The van der Waals surface area contributed by atoms with Crippen molar-refractivity contribution in [2.75, 3.05) is 0 Å². The van der Waals surface area contributed by atoms with E-state index in [1.165, 1.54) is 49.4 Å². The van der Waals surface area contributed by atoms with Gasteiger partial charge < -0.3 is 0 Å². The summed E-state index contributed by atoms with van der Waals surface area (Å²) in [5.41, 5.74) is 5.93. The van der Waals surface area contributed by atoms with Crippen molar-refractivity contribution in [1.82, 2.24) is 4.98 Å². The molecule has 0 saturated heterocycles. The van der Waals surface area contributed by atoms with Crippen molar-refractivity contribution in [3.8, 4) is 0 Å². The fourth-order valence-electron chi connectivity index (χ4n) is 5.08. The fraction of sp³-hybridized carbons (Fsp3) is 0.370. The van der Waals surface area contributed by atoms with E-state index >= 15 is 0 Å². The predicted molar refractivity (Wildman–Crippen MR) is 129 cm³/mol. The van der Waals surface area contributed by atoms with Crippen LogP contribution in [-0.2, 0) is 10.8 Å². The SMILES string of the molecule is C/C=C(\C)c1nccc2cc3sc4c5c(ccc4c3cc12)C(C)(C)CCC5(C)C. The quantitative estimate of drug-likeness (QED) is 0.313. The van der Waals surface area contributed by atoms with Crippen molar-refractivity contribution >= 4 is 47.9 Å². The molecule has 0 unspecified atom stereocenters. The van der Waals surface area contributed by atoms with Crippen LogP contribution in [0.2, 0.25) is 0 Å². The first kappa shape index (κ1) is 18.8. The van der Waals surface area contributed by atoms with Crippen LogP contribution >= 0.6 is 11.3 Å². The Balaban J connectivity index is 1.91. The fourth-order valence-corrected chi connectivity index (χ4v) is 6.54. The molecule has 2 aromatic carbocycles. The molecule has 0 aliphatic heterocycles. The van der Waals surface area contributed by atoms with Gasteiger partial charge in [-0.15, -0.1) is 11.3 Å². The molecule has 2 heteroatoms. The van der Waals surface area contributed by atoms with Gasteiger partial charge in [-0.1, -0.05) is 45.9 Å². The topological polar surface area (TPSA) is 12.9 Å². The van der Waals surface area contributed by atoms with E-state index < -0.39 is 0 Å². The van der Waals surface area contributed by atoms with Crippen LogP contribution < -0.4 is 0 Å². The van der Waals surface area contributed by atoms with E-state index in [9.17, 15) is 0 Å². The highest BCUT2D eigenvalue weighted by molar-refractivity contribution is 7.26. The molecule has 0 spiro atoms. The molecular weight excluding hydrogens is 370 g/mol. The van der Waals surface area contributed by atoms with Crippen LogP contribution in [0.25, 0.3) is 36.5 Å². The summed E-state index contributed by atoms with van der Waals surface area (Å²) in [4.78, 5) is 4.70. The second-order valence-corrected chi connectivity index (χ2v) is 11.0. The average molecular weight is 400 g/mol. The third kappa shape index (κ3) is 2.69. The number of hydrogen-bond acceptors (Lipinski definition) is 2. The van der Waals surface area contributed by atoms with Gasteiger partial charge in [0.25, 0.3) is 0 Å². The molecule has 0 fully saturated rings. The Bertz CT molecular complexity index is 1320. The highest BCUT2D eigenvalue weighted by atomic mass is 32.1. The van der Waals surface area contributed by atoms with Gasteiger partial charge in [-0.3, -0.25) is 4.98 Å². The summed E-state index contributed by atoms with van der Waals surface area (Å²) in [5.74, 6) is 0. The summed E-state index contributed by atoms with van der Waals surface area (Å²) in [6, 6.07) is 11.7. The summed E-state index contributed by atoms with van der Waals surface area (Å²) in [6.45, 7) is 13.9. The van der Waals surface area contributed by atoms with E-state index in [1.54, 1.807) is 11.1 Å².